The van der Waals surface area contributed by atoms with Crippen molar-refractivity contribution >= 4 is 33.0 Å². The Morgan fingerprint density at radius 2 is 1.84 bits per heavy atom. The van der Waals surface area contributed by atoms with Crippen LogP contribution < -0.4 is 4.90 Å². The van der Waals surface area contributed by atoms with E-state index in [0.29, 0.717) is 10.7 Å². The van der Waals surface area contributed by atoms with Crippen LogP contribution in [0.3, 0.4) is 0 Å². The number of carbonyl (C=O) groups is 1. The summed E-state index contributed by atoms with van der Waals surface area (Å²) in [6.07, 6.45) is 1.33. The topological polar surface area (TPSA) is 57.7 Å². The summed E-state index contributed by atoms with van der Waals surface area (Å²) in [6, 6.07) is 6.47. The molecule has 1 saturated heterocycles. The molecule has 0 aliphatic carbocycles. The third kappa shape index (κ3) is 2.74. The molecular weight excluding hydrogens is 288 g/mol. The highest BCUT2D eigenvalue weighted by Gasteiger charge is 2.40. The summed E-state index contributed by atoms with van der Waals surface area (Å²) in [5.41, 5.74) is 0.514. The molecule has 19 heavy (non-hydrogen) atoms. The summed E-state index contributed by atoms with van der Waals surface area (Å²) in [4.78, 5) is 14.7. The number of rotatable bonds is 2. The molecule has 0 saturated carbocycles. The maximum atomic E-state index is 12.2. The maximum absolute atomic E-state index is 12.2. The van der Waals surface area contributed by atoms with Crippen LogP contribution in [-0.4, -0.2) is 39.2 Å². The van der Waals surface area contributed by atoms with E-state index in [-0.39, 0.29) is 10.8 Å². The predicted octanol–water partition coefficient (Wildman–Crippen LogP) is 1.46. The van der Waals surface area contributed by atoms with Gasteiger partial charge in [-0.05, 0) is 24.3 Å². The average Bonchev–Trinajstić information content (AvgIpc) is 2.53. The van der Waals surface area contributed by atoms with E-state index in [2.05, 4.69) is 0 Å². The lowest BCUT2D eigenvalue weighted by atomic mass is 10.3. The summed E-state index contributed by atoms with van der Waals surface area (Å²) in [5.74, 6) is -0.858. The van der Waals surface area contributed by atoms with Gasteiger partial charge in [-0.3, -0.25) is 9.69 Å². The zero-order valence-electron chi connectivity index (χ0n) is 10.5. The molecule has 0 spiro atoms. The van der Waals surface area contributed by atoms with Gasteiger partial charge in [0, 0.05) is 31.0 Å². The number of sulfone groups is 1. The molecule has 1 fully saturated rings. The Balaban J connectivity index is 2.42. The highest BCUT2D eigenvalue weighted by atomic mass is 35.5. The molecule has 0 N–H and O–H groups in total. The number of carbonyl (C=O) groups excluding carboxylic acids is 1. The van der Waals surface area contributed by atoms with Crippen molar-refractivity contribution in [2.45, 2.75) is 0 Å². The van der Waals surface area contributed by atoms with Gasteiger partial charge in [-0.1, -0.05) is 11.6 Å². The van der Waals surface area contributed by atoms with Gasteiger partial charge in [-0.2, -0.15) is 0 Å². The van der Waals surface area contributed by atoms with Gasteiger partial charge in [0.05, 0.1) is 0 Å². The zero-order valence-corrected chi connectivity index (χ0v) is 12.1. The summed E-state index contributed by atoms with van der Waals surface area (Å²) < 4.78 is 23.9. The molecule has 0 aromatic heterocycles. The third-order valence-corrected chi connectivity index (χ3v) is 4.40. The van der Waals surface area contributed by atoms with E-state index < -0.39 is 15.7 Å². The monoisotopic (exact) mass is 300 g/mol. The lowest BCUT2D eigenvalue weighted by molar-refractivity contribution is -0.114. The van der Waals surface area contributed by atoms with E-state index in [1.165, 1.54) is 16.0 Å². The molecule has 0 radical (unpaired) electrons. The second-order valence-corrected chi connectivity index (χ2v) is 6.77. The van der Waals surface area contributed by atoms with Gasteiger partial charge in [0.25, 0.3) is 5.91 Å². The molecule has 1 aromatic rings. The third-order valence-electron chi connectivity index (χ3n) is 2.60. The van der Waals surface area contributed by atoms with E-state index in [4.69, 9.17) is 11.6 Å². The van der Waals surface area contributed by atoms with Crippen molar-refractivity contribution in [2.75, 3.05) is 24.9 Å². The molecule has 1 aromatic carbocycles. The van der Waals surface area contributed by atoms with Crippen LogP contribution in [0.25, 0.3) is 0 Å². The first kappa shape index (κ1) is 13.9. The molecule has 0 unspecified atom stereocenters. The Hall–Kier alpha value is -1.53. The molecule has 1 aliphatic heterocycles. The lowest BCUT2D eigenvalue weighted by Crippen LogP contribution is -2.25. The number of amides is 1. The number of benzene rings is 1. The van der Waals surface area contributed by atoms with Crippen LogP contribution in [0.15, 0.2) is 35.4 Å². The van der Waals surface area contributed by atoms with Gasteiger partial charge in [0.15, 0.2) is 0 Å². The second kappa shape index (κ2) is 4.86. The van der Waals surface area contributed by atoms with Crippen LogP contribution in [0.1, 0.15) is 0 Å². The van der Waals surface area contributed by atoms with Gasteiger partial charge < -0.3 is 4.90 Å². The molecule has 7 heteroatoms. The molecule has 1 heterocycles. The molecule has 0 atom stereocenters. The van der Waals surface area contributed by atoms with Crippen molar-refractivity contribution in [3.05, 3.63) is 40.4 Å². The minimum Gasteiger partial charge on any atom is -0.382 e. The largest absolute Gasteiger partial charge is 0.382 e. The minimum atomic E-state index is -3.58. The van der Waals surface area contributed by atoms with Crippen LogP contribution in [-0.2, 0) is 14.6 Å². The molecule has 5 nitrogen and oxygen atoms in total. The van der Waals surface area contributed by atoms with Crippen LogP contribution in [0.5, 0.6) is 0 Å². The highest BCUT2D eigenvalue weighted by Crippen LogP contribution is 2.28. The fourth-order valence-corrected chi connectivity index (χ4v) is 3.37. The average molecular weight is 301 g/mol. The first-order valence-electron chi connectivity index (χ1n) is 5.50. The number of hydrogen-bond donors (Lipinski definition) is 0. The molecule has 2 rings (SSSR count). The Morgan fingerprint density at radius 1 is 1.26 bits per heavy atom. The first-order valence-corrected chi connectivity index (χ1v) is 7.53. The standard InChI is InChI=1S/C12H13ClN2O3S/c1-14(2)7-11-12(16)15(8-19(11,17)18)10-5-3-9(13)4-6-10/h3-7H,8H2,1-2H3/b11-7+. The molecule has 1 amide bonds. The first-order chi connectivity index (χ1) is 8.81. The number of nitrogens with zero attached hydrogens (tertiary/aromatic N) is 2. The Morgan fingerprint density at radius 3 is 2.37 bits per heavy atom. The van der Waals surface area contributed by atoms with Crippen molar-refractivity contribution in [1.82, 2.24) is 4.90 Å². The Labute approximate surface area is 117 Å². The van der Waals surface area contributed by atoms with Crippen molar-refractivity contribution in [3.63, 3.8) is 0 Å². The molecule has 1 aliphatic rings. The minimum absolute atomic E-state index is 0.188. The smallest absolute Gasteiger partial charge is 0.272 e. The SMILES string of the molecule is CN(C)/C=C1\C(=O)N(c2ccc(Cl)cc2)CS1(=O)=O. The van der Waals surface area contributed by atoms with Crippen LogP contribution in [0.4, 0.5) is 5.69 Å². The van der Waals surface area contributed by atoms with Gasteiger partial charge in [0.1, 0.15) is 10.8 Å². The number of hydrogen-bond acceptors (Lipinski definition) is 4. The van der Waals surface area contributed by atoms with Crippen molar-refractivity contribution in [1.29, 1.82) is 0 Å². The van der Waals surface area contributed by atoms with Crippen LogP contribution >= 0.6 is 11.6 Å². The van der Waals surface area contributed by atoms with Crippen molar-refractivity contribution < 1.29 is 13.2 Å². The molecule has 102 valence electrons. The van der Waals surface area contributed by atoms with Crippen molar-refractivity contribution in [3.8, 4) is 0 Å². The molecular formula is C12H13ClN2O3S. The number of anilines is 1. The summed E-state index contributed by atoms with van der Waals surface area (Å²) in [6.45, 7) is 0. The normalized spacial score (nSPS) is 20.1. The Kier molecular flexibility index (Phi) is 3.56. The lowest BCUT2D eigenvalue weighted by Gasteiger charge is -2.13. The highest BCUT2D eigenvalue weighted by molar-refractivity contribution is 7.97. The summed E-state index contributed by atoms with van der Waals surface area (Å²) >= 11 is 5.77. The van der Waals surface area contributed by atoms with E-state index >= 15 is 0 Å². The van der Waals surface area contributed by atoms with E-state index in [0.717, 1.165) is 0 Å². The van der Waals surface area contributed by atoms with E-state index in [1.807, 2.05) is 0 Å². The fourth-order valence-electron chi connectivity index (χ4n) is 1.75. The quantitative estimate of drug-likeness (QED) is 0.776. The predicted molar refractivity (Wildman–Crippen MR) is 74.5 cm³/mol. The van der Waals surface area contributed by atoms with Crippen molar-refractivity contribution in [2.24, 2.45) is 0 Å². The fraction of sp³-hybridized carbons (Fsp3) is 0.250. The van der Waals surface area contributed by atoms with Crippen LogP contribution in [0, 0.1) is 0 Å². The zero-order chi connectivity index (χ0) is 14.2. The van der Waals surface area contributed by atoms with Gasteiger partial charge >= 0.3 is 0 Å². The Bertz CT molecular complexity index is 635. The van der Waals surface area contributed by atoms with E-state index in [1.54, 1.807) is 38.4 Å². The van der Waals surface area contributed by atoms with Crippen LogP contribution in [0.2, 0.25) is 5.02 Å². The summed E-state index contributed by atoms with van der Waals surface area (Å²) in [7, 11) is -0.241. The number of halogens is 1. The van der Waals surface area contributed by atoms with Gasteiger partial charge in [0.2, 0.25) is 9.84 Å². The van der Waals surface area contributed by atoms with Gasteiger partial charge in [-0.15, -0.1) is 0 Å². The maximum Gasteiger partial charge on any atom is 0.272 e. The molecule has 0 bridgehead atoms. The summed E-state index contributed by atoms with van der Waals surface area (Å²) in [5, 5.41) is 0.530. The van der Waals surface area contributed by atoms with E-state index in [9.17, 15) is 13.2 Å². The van der Waals surface area contributed by atoms with Gasteiger partial charge in [-0.25, -0.2) is 8.42 Å². The second-order valence-electron chi connectivity index (χ2n) is 4.41.